The number of nitrogen functional groups attached to an aromatic ring is 1. The number of aryl methyl sites for hydroxylation is 1. The molecule has 0 radical (unpaired) electrons. The molecule has 0 bridgehead atoms. The lowest BCUT2D eigenvalue weighted by atomic mass is 9.92. The highest BCUT2D eigenvalue weighted by atomic mass is 16.2. The molecule has 2 aromatic rings. The summed E-state index contributed by atoms with van der Waals surface area (Å²) in [5.74, 6) is -1.88. The number of nitrogens with two attached hydrogens (primary N) is 1. The molecule has 1 aliphatic carbocycles. The molecular formula is C15H15N3O3. The van der Waals surface area contributed by atoms with Crippen LogP contribution in [-0.4, -0.2) is 21.1 Å². The predicted molar refractivity (Wildman–Crippen MR) is 78.1 cm³/mol. The Morgan fingerprint density at radius 3 is 3.10 bits per heavy atom. The van der Waals surface area contributed by atoms with Crippen molar-refractivity contribution in [2.45, 2.75) is 32.1 Å². The predicted octanol–water partition coefficient (Wildman–Crippen LogP) is 1.15. The Morgan fingerprint density at radius 2 is 2.33 bits per heavy atom. The smallest absolute Gasteiger partial charge is 0.264 e. The minimum absolute atomic E-state index is 0.00102. The molecule has 2 N–H and O–H groups in total. The van der Waals surface area contributed by atoms with Crippen molar-refractivity contribution in [3.05, 3.63) is 34.4 Å². The molecular weight excluding hydrogens is 270 g/mol. The summed E-state index contributed by atoms with van der Waals surface area (Å²) in [7, 11) is 0. The summed E-state index contributed by atoms with van der Waals surface area (Å²) in [5, 5.41) is -0.156. The largest absolute Gasteiger partial charge is 0.398 e. The lowest BCUT2D eigenvalue weighted by molar-refractivity contribution is -0.132. The SMILES string of the molecule is [2H]c1ccc(N)c2c(=O)n(C3CC([2H])C(=O)CC3=O)c(C([2H])([2H])[2H])nc12. The summed E-state index contributed by atoms with van der Waals surface area (Å²) in [4.78, 5) is 40.9. The van der Waals surface area contributed by atoms with E-state index in [9.17, 15) is 14.4 Å². The number of hydrogen-bond acceptors (Lipinski definition) is 5. The van der Waals surface area contributed by atoms with E-state index in [1.54, 1.807) is 0 Å². The zero-order chi connectivity index (χ0) is 19.4. The van der Waals surface area contributed by atoms with Gasteiger partial charge in [-0.2, -0.15) is 0 Å². The van der Waals surface area contributed by atoms with Crippen molar-refractivity contribution in [1.82, 2.24) is 9.55 Å². The van der Waals surface area contributed by atoms with Crippen LogP contribution in [0.1, 0.15) is 38.0 Å². The van der Waals surface area contributed by atoms with Crippen molar-refractivity contribution >= 4 is 28.2 Å². The monoisotopic (exact) mass is 290 g/mol. The molecule has 6 heteroatoms. The lowest BCUT2D eigenvalue weighted by Crippen LogP contribution is -2.36. The quantitative estimate of drug-likeness (QED) is 0.628. The molecule has 1 aromatic carbocycles. The van der Waals surface area contributed by atoms with Gasteiger partial charge in [0.15, 0.2) is 5.78 Å². The van der Waals surface area contributed by atoms with Crippen LogP contribution in [-0.2, 0) is 9.59 Å². The first-order chi connectivity index (χ1) is 12.0. The Bertz CT molecular complexity index is 999. The number of carbonyl (C=O) groups is 2. The van der Waals surface area contributed by atoms with Crippen LogP contribution in [0.2, 0.25) is 0 Å². The number of nitrogens with zero attached hydrogens (tertiary/aromatic N) is 2. The fourth-order valence-electron chi connectivity index (χ4n) is 2.47. The Labute approximate surface area is 127 Å². The molecule has 108 valence electrons. The summed E-state index contributed by atoms with van der Waals surface area (Å²) < 4.78 is 39.4. The highest BCUT2D eigenvalue weighted by Crippen LogP contribution is 2.24. The third-order valence-electron chi connectivity index (χ3n) is 3.49. The summed E-state index contributed by atoms with van der Waals surface area (Å²) in [5.41, 5.74) is 4.78. The zero-order valence-corrected chi connectivity index (χ0v) is 10.9. The number of aromatic nitrogens is 2. The molecule has 0 amide bonds. The van der Waals surface area contributed by atoms with Gasteiger partial charge in [-0.15, -0.1) is 0 Å². The molecule has 21 heavy (non-hydrogen) atoms. The second-order valence-electron chi connectivity index (χ2n) is 4.83. The number of carbonyl (C=O) groups excluding carboxylic acids is 2. The summed E-state index contributed by atoms with van der Waals surface area (Å²) in [6.07, 6.45) is -2.09. The van der Waals surface area contributed by atoms with Crippen LogP contribution < -0.4 is 11.3 Å². The van der Waals surface area contributed by atoms with Gasteiger partial charge >= 0.3 is 0 Å². The molecule has 1 aromatic heterocycles. The third kappa shape index (κ3) is 2.12. The van der Waals surface area contributed by atoms with E-state index in [0.29, 0.717) is 0 Å². The fourth-order valence-corrected chi connectivity index (χ4v) is 2.47. The standard InChI is InChI=1S/C15H15N3O3/c1-8-17-11-4-2-3-10(16)14(11)15(21)18(8)12-6-5-9(19)7-13(12)20/h2-4,12H,5-7,16H2,1H3/i1D3,4D,5D. The maximum Gasteiger partial charge on any atom is 0.264 e. The first-order valence-corrected chi connectivity index (χ1v) is 6.32. The second-order valence-corrected chi connectivity index (χ2v) is 4.83. The van der Waals surface area contributed by atoms with E-state index in [0.717, 1.165) is 4.57 Å². The average Bonchev–Trinajstić information content (AvgIpc) is 2.53. The van der Waals surface area contributed by atoms with Crippen molar-refractivity contribution in [2.75, 3.05) is 5.73 Å². The van der Waals surface area contributed by atoms with Crippen LogP contribution >= 0.6 is 0 Å². The van der Waals surface area contributed by atoms with Gasteiger partial charge in [-0.3, -0.25) is 19.0 Å². The molecule has 1 fully saturated rings. The van der Waals surface area contributed by atoms with Gasteiger partial charge in [0, 0.05) is 17.6 Å². The van der Waals surface area contributed by atoms with Crippen molar-refractivity contribution in [3.8, 4) is 0 Å². The van der Waals surface area contributed by atoms with Gasteiger partial charge in [0.1, 0.15) is 11.6 Å². The number of rotatable bonds is 1. The van der Waals surface area contributed by atoms with Gasteiger partial charge in [0.05, 0.1) is 24.7 Å². The Kier molecular flexibility index (Phi) is 1.99. The van der Waals surface area contributed by atoms with Crippen LogP contribution in [0.15, 0.2) is 23.0 Å². The topological polar surface area (TPSA) is 95.0 Å². The van der Waals surface area contributed by atoms with E-state index < -0.39 is 48.7 Å². The first kappa shape index (κ1) is 8.71. The van der Waals surface area contributed by atoms with Crippen molar-refractivity contribution < 1.29 is 16.4 Å². The second kappa shape index (κ2) is 4.80. The highest BCUT2D eigenvalue weighted by molar-refractivity contribution is 6.03. The van der Waals surface area contributed by atoms with E-state index in [1.807, 2.05) is 0 Å². The molecule has 1 heterocycles. The number of ketones is 2. The number of benzene rings is 1. The Morgan fingerprint density at radius 1 is 1.52 bits per heavy atom. The van der Waals surface area contributed by atoms with Gasteiger partial charge < -0.3 is 5.73 Å². The Balaban J connectivity index is 2.39. The van der Waals surface area contributed by atoms with E-state index in [4.69, 9.17) is 12.6 Å². The van der Waals surface area contributed by atoms with E-state index in [2.05, 4.69) is 4.98 Å². The minimum Gasteiger partial charge on any atom is -0.398 e. The van der Waals surface area contributed by atoms with Gasteiger partial charge in [0.25, 0.3) is 5.56 Å². The van der Waals surface area contributed by atoms with Gasteiger partial charge in [-0.05, 0) is 25.4 Å². The molecule has 0 saturated heterocycles. The normalized spacial score (nSPS) is 26.8. The molecule has 0 aliphatic heterocycles. The molecule has 3 rings (SSSR count). The van der Waals surface area contributed by atoms with Crippen molar-refractivity contribution in [2.24, 2.45) is 0 Å². The van der Waals surface area contributed by atoms with Crippen LogP contribution in [0.25, 0.3) is 10.9 Å². The summed E-state index contributed by atoms with van der Waals surface area (Å²) >= 11 is 0. The van der Waals surface area contributed by atoms with Gasteiger partial charge in [0.2, 0.25) is 0 Å². The van der Waals surface area contributed by atoms with Crippen molar-refractivity contribution in [3.63, 3.8) is 0 Å². The number of fused-ring (bicyclic) bond motifs is 1. The summed E-state index contributed by atoms with van der Waals surface area (Å²) in [6.45, 7) is -2.84. The van der Waals surface area contributed by atoms with E-state index in [1.165, 1.54) is 12.1 Å². The molecule has 2 atom stereocenters. The fraction of sp³-hybridized carbons (Fsp3) is 0.333. The minimum atomic E-state index is -2.84. The third-order valence-corrected chi connectivity index (χ3v) is 3.49. The summed E-state index contributed by atoms with van der Waals surface area (Å²) in [6, 6.07) is 1.16. The van der Waals surface area contributed by atoms with Crippen LogP contribution in [0, 0.1) is 6.85 Å². The molecule has 6 nitrogen and oxygen atoms in total. The van der Waals surface area contributed by atoms with E-state index in [-0.39, 0.29) is 29.1 Å². The van der Waals surface area contributed by atoms with Gasteiger partial charge in [-0.25, -0.2) is 4.98 Å². The number of anilines is 1. The highest BCUT2D eigenvalue weighted by Gasteiger charge is 2.30. The molecule has 2 unspecified atom stereocenters. The van der Waals surface area contributed by atoms with Crippen LogP contribution in [0.5, 0.6) is 0 Å². The Hall–Kier alpha value is -2.50. The van der Waals surface area contributed by atoms with Crippen LogP contribution in [0.3, 0.4) is 0 Å². The maximum absolute atomic E-state index is 13.0. The first-order valence-electron chi connectivity index (χ1n) is 8.89. The number of hydrogen-bond donors (Lipinski definition) is 1. The maximum atomic E-state index is 13.0. The molecule has 1 aliphatic rings. The zero-order valence-electron chi connectivity index (χ0n) is 15.9. The van der Waals surface area contributed by atoms with Crippen LogP contribution in [0.4, 0.5) is 5.69 Å². The van der Waals surface area contributed by atoms with Gasteiger partial charge in [-0.1, -0.05) is 6.07 Å². The lowest BCUT2D eigenvalue weighted by Gasteiger charge is -2.24. The average molecular weight is 290 g/mol. The van der Waals surface area contributed by atoms with E-state index >= 15 is 0 Å². The number of Topliss-reactive ketones (excluding diaryl/α,β-unsaturated/α-hetero) is 2. The molecule has 1 saturated carbocycles. The molecule has 0 spiro atoms. The van der Waals surface area contributed by atoms with Crippen molar-refractivity contribution in [1.29, 1.82) is 0 Å².